The zero-order chi connectivity index (χ0) is 23.8. The Kier molecular flexibility index (Phi) is 8.77. The molecule has 0 radical (unpaired) electrons. The topological polar surface area (TPSA) is 68.8 Å². The van der Waals surface area contributed by atoms with Crippen molar-refractivity contribution in [2.45, 2.75) is 25.7 Å². The van der Waals surface area contributed by atoms with E-state index in [0.717, 1.165) is 58.1 Å². The normalized spacial score (nSPS) is 19.1. The molecular weight excluding hydrogens is 450 g/mol. The second-order valence-electron chi connectivity index (χ2n) is 9.19. The van der Waals surface area contributed by atoms with Gasteiger partial charge in [0.15, 0.2) is 0 Å². The average molecular weight is 484 g/mol. The summed E-state index contributed by atoms with van der Waals surface area (Å²) >= 11 is 5.86. The SMILES string of the molecule is O=C(NCCCC(=O)N1CCCC(CN2CCN(c3ccccn3)CC2)C1)c1ccc(Cl)cc1. The molecule has 3 heterocycles. The van der Waals surface area contributed by atoms with E-state index in [1.807, 2.05) is 23.2 Å². The van der Waals surface area contributed by atoms with Gasteiger partial charge in [0.25, 0.3) is 5.91 Å². The highest BCUT2D eigenvalue weighted by Crippen LogP contribution is 2.20. The molecule has 2 saturated heterocycles. The van der Waals surface area contributed by atoms with Gasteiger partial charge in [-0.3, -0.25) is 14.5 Å². The van der Waals surface area contributed by atoms with Crippen LogP contribution in [0.1, 0.15) is 36.0 Å². The number of pyridine rings is 1. The van der Waals surface area contributed by atoms with Crippen molar-refractivity contribution >= 4 is 29.2 Å². The minimum Gasteiger partial charge on any atom is -0.354 e. The summed E-state index contributed by atoms with van der Waals surface area (Å²) in [6.07, 6.45) is 5.22. The van der Waals surface area contributed by atoms with Gasteiger partial charge in [-0.1, -0.05) is 17.7 Å². The lowest BCUT2D eigenvalue weighted by Crippen LogP contribution is -2.50. The van der Waals surface area contributed by atoms with Gasteiger partial charge in [-0.25, -0.2) is 4.98 Å². The van der Waals surface area contributed by atoms with Crippen molar-refractivity contribution in [3.63, 3.8) is 0 Å². The molecule has 2 fully saturated rings. The first-order valence-corrected chi connectivity index (χ1v) is 12.7. The lowest BCUT2D eigenvalue weighted by atomic mass is 9.96. The van der Waals surface area contributed by atoms with Gasteiger partial charge in [0.05, 0.1) is 0 Å². The third-order valence-corrected chi connectivity index (χ3v) is 6.95. The molecule has 34 heavy (non-hydrogen) atoms. The van der Waals surface area contributed by atoms with Crippen LogP contribution in [0.25, 0.3) is 0 Å². The highest BCUT2D eigenvalue weighted by atomic mass is 35.5. The van der Waals surface area contributed by atoms with Crippen LogP contribution < -0.4 is 10.2 Å². The van der Waals surface area contributed by atoms with E-state index in [1.54, 1.807) is 24.3 Å². The minimum absolute atomic E-state index is 0.134. The maximum absolute atomic E-state index is 12.8. The first-order valence-electron chi connectivity index (χ1n) is 12.3. The van der Waals surface area contributed by atoms with E-state index in [-0.39, 0.29) is 11.8 Å². The molecule has 2 aromatic rings. The van der Waals surface area contributed by atoms with Crippen LogP contribution in [-0.2, 0) is 4.79 Å². The first-order chi connectivity index (χ1) is 16.6. The number of rotatable bonds is 8. The molecule has 1 aromatic carbocycles. The van der Waals surface area contributed by atoms with Crippen LogP contribution >= 0.6 is 11.6 Å². The summed E-state index contributed by atoms with van der Waals surface area (Å²) in [5.74, 6) is 1.65. The Morgan fingerprint density at radius 1 is 1.03 bits per heavy atom. The molecule has 1 unspecified atom stereocenters. The van der Waals surface area contributed by atoms with Gasteiger partial charge < -0.3 is 15.1 Å². The maximum Gasteiger partial charge on any atom is 0.251 e. The average Bonchev–Trinajstić information content (AvgIpc) is 2.88. The summed E-state index contributed by atoms with van der Waals surface area (Å²) in [5, 5.41) is 3.49. The van der Waals surface area contributed by atoms with Crippen LogP contribution in [0.3, 0.4) is 0 Å². The summed E-state index contributed by atoms with van der Waals surface area (Å²) in [5.41, 5.74) is 0.579. The van der Waals surface area contributed by atoms with Crippen molar-refractivity contribution in [3.05, 3.63) is 59.2 Å². The van der Waals surface area contributed by atoms with Gasteiger partial charge in [0.2, 0.25) is 5.91 Å². The molecule has 0 bridgehead atoms. The zero-order valence-electron chi connectivity index (χ0n) is 19.7. The third-order valence-electron chi connectivity index (χ3n) is 6.69. The molecule has 2 aliphatic rings. The van der Waals surface area contributed by atoms with Gasteiger partial charge >= 0.3 is 0 Å². The Labute approximate surface area is 207 Å². The Hall–Kier alpha value is -2.64. The number of carbonyl (C=O) groups is 2. The van der Waals surface area contributed by atoms with Crippen molar-refractivity contribution in [2.75, 3.05) is 57.3 Å². The number of hydrogen-bond donors (Lipinski definition) is 1. The predicted molar refractivity (Wildman–Crippen MR) is 135 cm³/mol. The number of anilines is 1. The maximum atomic E-state index is 12.8. The quantitative estimate of drug-likeness (QED) is 0.583. The number of amides is 2. The highest BCUT2D eigenvalue weighted by Gasteiger charge is 2.26. The molecule has 2 amide bonds. The molecule has 7 nitrogen and oxygen atoms in total. The Balaban J connectivity index is 1.14. The molecular formula is C26H34ClN5O2. The fraction of sp³-hybridized carbons (Fsp3) is 0.500. The van der Waals surface area contributed by atoms with E-state index in [4.69, 9.17) is 11.6 Å². The van der Waals surface area contributed by atoms with E-state index >= 15 is 0 Å². The van der Waals surface area contributed by atoms with Gasteiger partial charge in [-0.15, -0.1) is 0 Å². The lowest BCUT2D eigenvalue weighted by Gasteiger charge is -2.39. The minimum atomic E-state index is -0.134. The number of carbonyl (C=O) groups excluding carboxylic acids is 2. The van der Waals surface area contributed by atoms with Crippen molar-refractivity contribution in [3.8, 4) is 0 Å². The number of halogens is 1. The third kappa shape index (κ3) is 6.93. The number of nitrogens with zero attached hydrogens (tertiary/aromatic N) is 4. The molecule has 1 aromatic heterocycles. The highest BCUT2D eigenvalue weighted by molar-refractivity contribution is 6.30. The number of nitrogens with one attached hydrogen (secondary N) is 1. The smallest absolute Gasteiger partial charge is 0.251 e. The zero-order valence-corrected chi connectivity index (χ0v) is 20.4. The summed E-state index contributed by atoms with van der Waals surface area (Å²) in [4.78, 5) is 36.3. The van der Waals surface area contributed by atoms with Crippen LogP contribution in [0, 0.1) is 5.92 Å². The monoisotopic (exact) mass is 483 g/mol. The molecule has 1 atom stereocenters. The van der Waals surface area contributed by atoms with E-state index in [2.05, 4.69) is 26.2 Å². The number of aromatic nitrogens is 1. The molecule has 0 aliphatic carbocycles. The Morgan fingerprint density at radius 2 is 1.82 bits per heavy atom. The molecule has 0 saturated carbocycles. The van der Waals surface area contributed by atoms with Crippen LogP contribution in [-0.4, -0.2) is 79.0 Å². The van der Waals surface area contributed by atoms with Crippen LogP contribution in [0.5, 0.6) is 0 Å². The fourth-order valence-corrected chi connectivity index (χ4v) is 4.94. The second-order valence-corrected chi connectivity index (χ2v) is 9.63. The predicted octanol–water partition coefficient (Wildman–Crippen LogP) is 3.31. The molecule has 4 rings (SSSR count). The Morgan fingerprint density at radius 3 is 2.56 bits per heavy atom. The first kappa shape index (κ1) is 24.5. The van der Waals surface area contributed by atoms with Gasteiger partial charge in [-0.2, -0.15) is 0 Å². The molecule has 182 valence electrons. The largest absolute Gasteiger partial charge is 0.354 e. The van der Waals surface area contributed by atoms with Crippen molar-refractivity contribution in [2.24, 2.45) is 5.92 Å². The number of benzene rings is 1. The van der Waals surface area contributed by atoms with E-state index < -0.39 is 0 Å². The summed E-state index contributed by atoms with van der Waals surface area (Å²) < 4.78 is 0. The van der Waals surface area contributed by atoms with Gasteiger partial charge in [0.1, 0.15) is 5.82 Å². The number of piperazine rings is 1. The van der Waals surface area contributed by atoms with Crippen molar-refractivity contribution in [1.82, 2.24) is 20.1 Å². The molecule has 1 N–H and O–H groups in total. The number of hydrogen-bond acceptors (Lipinski definition) is 5. The molecule has 0 spiro atoms. The Bertz CT molecular complexity index is 932. The standard InChI is InChI=1S/C26H34ClN5O2/c27-23-10-8-22(9-11-23)26(34)29-13-3-7-25(33)32-14-4-5-21(20-32)19-30-15-17-31(18-16-30)24-6-1-2-12-28-24/h1-2,6,8-12,21H,3-5,7,13-20H2,(H,29,34). The van der Waals surface area contributed by atoms with E-state index in [9.17, 15) is 9.59 Å². The summed E-state index contributed by atoms with van der Waals surface area (Å²) in [6, 6.07) is 12.9. The second kappa shape index (κ2) is 12.2. The van der Waals surface area contributed by atoms with Crippen LogP contribution in [0.15, 0.2) is 48.7 Å². The van der Waals surface area contributed by atoms with E-state index in [0.29, 0.717) is 35.9 Å². The molecule has 8 heteroatoms. The number of piperidine rings is 1. The van der Waals surface area contributed by atoms with Gasteiger partial charge in [-0.05, 0) is 61.6 Å². The van der Waals surface area contributed by atoms with Crippen LogP contribution in [0.2, 0.25) is 5.02 Å². The number of likely N-dealkylation sites (tertiary alicyclic amines) is 1. The van der Waals surface area contributed by atoms with Crippen molar-refractivity contribution < 1.29 is 9.59 Å². The summed E-state index contributed by atoms with van der Waals surface area (Å²) in [7, 11) is 0. The van der Waals surface area contributed by atoms with Gasteiger partial charge in [0, 0.05) is 75.6 Å². The lowest BCUT2D eigenvalue weighted by molar-refractivity contribution is -0.133. The molecule has 2 aliphatic heterocycles. The summed E-state index contributed by atoms with van der Waals surface area (Å²) in [6.45, 7) is 7.29. The van der Waals surface area contributed by atoms with Crippen LogP contribution in [0.4, 0.5) is 5.82 Å². The van der Waals surface area contributed by atoms with E-state index in [1.165, 1.54) is 6.42 Å². The van der Waals surface area contributed by atoms with Crippen molar-refractivity contribution in [1.29, 1.82) is 0 Å². The fourth-order valence-electron chi connectivity index (χ4n) is 4.81.